The molecule has 15 unspecified atom stereocenters. The first-order chi connectivity index (χ1) is 57.7. The van der Waals surface area contributed by atoms with E-state index in [4.69, 9.17) is 125 Å². The normalized spacial score (nSPS) is 39.3. The van der Waals surface area contributed by atoms with Gasteiger partial charge in [-0.1, -0.05) is 110 Å². The highest BCUT2D eigenvalue weighted by Gasteiger charge is 2.64. The number of aliphatic hydroxyl groups is 1. The third kappa shape index (κ3) is 25.2. The summed E-state index contributed by atoms with van der Waals surface area (Å²) >= 11 is 9.87. The first-order valence-electron chi connectivity index (χ1n) is 41.8. The Morgan fingerprint density at radius 2 is 0.556 bits per heavy atom. The van der Waals surface area contributed by atoms with Crippen molar-refractivity contribution in [2.24, 2.45) is 53.3 Å². The van der Waals surface area contributed by atoms with Crippen LogP contribution in [0.2, 0.25) is 0 Å². The highest BCUT2D eigenvalue weighted by molar-refractivity contribution is 9.11. The van der Waals surface area contributed by atoms with Crippen molar-refractivity contribution in [2.75, 3.05) is 39.6 Å². The molecule has 12 saturated heterocycles. The Morgan fingerprint density at radius 3 is 0.839 bits per heavy atom. The third-order valence-electron chi connectivity index (χ3n) is 24.2. The van der Waals surface area contributed by atoms with Gasteiger partial charge in [0.2, 0.25) is 6.29 Å². The van der Waals surface area contributed by atoms with E-state index in [2.05, 4.69) is 61.6 Å². The number of rotatable bonds is 23. The molecule has 12 aliphatic heterocycles. The third-order valence-corrected chi connectivity index (χ3v) is 28.2. The predicted molar refractivity (Wildman–Crippen MR) is 446 cm³/mol. The first kappa shape index (κ1) is 99.9. The molecule has 12 heterocycles. The van der Waals surface area contributed by atoms with E-state index in [1.54, 1.807) is 36.4 Å². The molecule has 0 radical (unpaired) electrons. The Labute approximate surface area is 752 Å². The van der Waals surface area contributed by atoms with Crippen LogP contribution in [0.3, 0.4) is 0 Å². The molecule has 0 spiro atoms. The van der Waals surface area contributed by atoms with E-state index in [-0.39, 0.29) is 141 Å². The van der Waals surface area contributed by atoms with Gasteiger partial charge < -0.3 is 117 Å². The van der Waals surface area contributed by atoms with Crippen molar-refractivity contribution in [2.45, 2.75) is 316 Å². The number of hydrogen-bond acceptors (Lipinski definition) is 35. The SMILES string of the molecule is CC(=O)OC1OC(COS(=O)(=O)Oc2ccc(Br)cc2)[C@@H](C)[C@H](C)C1C.CC1(C)OC2[C@H](OC(CO)[C@@H]3OC(C)(C)O[C@H]23)O1.CC1C(OCC2O[C@@H]3OC(C)(C)OC3[C@H]3OC(C)(C)O[C@@H]23)OC(COS(=O)(=O)Oc2ccc(Br)cc2)[C@@H](C)[C@@H]1C.CC1C(OCC2O[C@@H]3OC(C)(C)OC3[C@H]3OC(C)(C)O[C@@H]23)OC(COS(=O)(=O)Oc2ccc(Br)cc2)[C@@H](C)[C@@H]1C. The molecule has 35 nitrogen and oxygen atoms in total. The molecule has 1 N–H and O–H groups in total. The van der Waals surface area contributed by atoms with Gasteiger partial charge in [0.1, 0.15) is 90.5 Å². The van der Waals surface area contributed by atoms with Gasteiger partial charge in [0.25, 0.3) is 0 Å². The zero-order valence-electron chi connectivity index (χ0n) is 73.7. The second kappa shape index (κ2) is 39.6. The van der Waals surface area contributed by atoms with Crippen LogP contribution >= 0.6 is 47.8 Å². The molecule has 30 atom stereocenters. The molecule has 0 aromatic heterocycles. The molecule has 41 heteroatoms. The number of esters is 1. The molecule has 124 heavy (non-hydrogen) atoms. The molecule has 12 aliphatic rings. The summed E-state index contributed by atoms with van der Waals surface area (Å²) in [5, 5.41) is 9.40. The number of fused-ring (bicyclic) bond motifs is 9. The van der Waals surface area contributed by atoms with Crippen molar-refractivity contribution in [1.29, 1.82) is 0 Å². The van der Waals surface area contributed by atoms with Gasteiger partial charge in [0, 0.05) is 38.1 Å². The van der Waals surface area contributed by atoms with Crippen molar-refractivity contribution >= 4 is 85.0 Å². The number of aliphatic hydroxyl groups excluding tert-OH is 1. The van der Waals surface area contributed by atoms with Gasteiger partial charge in [-0.05, 0) is 191 Å². The molecule has 0 bridgehead atoms. The summed E-state index contributed by atoms with van der Waals surface area (Å²) in [7, 11) is -12.8. The maximum absolute atomic E-state index is 12.5. The van der Waals surface area contributed by atoms with Crippen LogP contribution in [0, 0.1) is 53.3 Å². The largest absolute Gasteiger partial charge is 0.449 e. The molecule has 3 aromatic rings. The van der Waals surface area contributed by atoms with Gasteiger partial charge in [-0.15, -0.1) is 0 Å². The minimum atomic E-state index is -4.30. The smallest absolute Gasteiger partial charge is 0.436 e. The second-order valence-electron chi connectivity index (χ2n) is 36.1. The zero-order chi connectivity index (χ0) is 90.7. The van der Waals surface area contributed by atoms with Crippen molar-refractivity contribution in [1.82, 2.24) is 0 Å². The quantitative estimate of drug-likeness (QED) is 0.0862. The van der Waals surface area contributed by atoms with Crippen LogP contribution in [-0.4, -0.2) is 240 Å². The lowest BCUT2D eigenvalue weighted by Crippen LogP contribution is -2.57. The molecule has 702 valence electrons. The van der Waals surface area contributed by atoms with E-state index in [9.17, 15) is 35.2 Å². The van der Waals surface area contributed by atoms with Crippen molar-refractivity contribution < 1.29 is 160 Å². The molecule has 12 fully saturated rings. The van der Waals surface area contributed by atoms with Crippen LogP contribution in [0.15, 0.2) is 86.2 Å². The standard InChI is InChI=1S/2C27H39BrO11S.C17H23BrO7S.C12H20O6/c2*1-14-15(2)19(13-32-40(29,30)39-18-10-8-17(28)9-11-18)33-24(16(14)3)31-12-20-21-22(36-26(4,5)35-21)23-25(34-20)38-27(6,7)37-23;1-10-11(2)16(24-17(12(10)3)23-13(4)19)9-22-26(20,21)25-15-7-5-14(18)6-8-15;1-11(2)15-7-6(5-13)14-10-9(8(7)16-11)17-12(3,4)18-10/h2*8-11,14-16,19-25H,12-13H2,1-7H3;5-8,10-12,16-17H,9H2,1-4H3;6-10,13H,5H2,1-4H3/t2*14-,15-,16?,19?,20?,21-,22-,23?,24?,25+;10-,11-,12?,16?,17?;6?,7-,8-,9?,10+/m0000/s1. The number of ether oxygens (including phenoxy) is 21. The van der Waals surface area contributed by atoms with Crippen LogP contribution in [0.5, 0.6) is 17.2 Å². The number of carbonyl (C=O) groups is 1. The van der Waals surface area contributed by atoms with E-state index in [1.165, 1.54) is 43.3 Å². The highest BCUT2D eigenvalue weighted by atomic mass is 79.9. The summed E-state index contributed by atoms with van der Waals surface area (Å²) in [4.78, 5) is 11.2. The molecule has 3 aromatic carbocycles. The average molecular weight is 2010 g/mol. The lowest BCUT2D eigenvalue weighted by molar-refractivity contribution is -0.285. The summed E-state index contributed by atoms with van der Waals surface area (Å²) in [5.41, 5.74) is 0. The Balaban J connectivity index is 0.000000157. The van der Waals surface area contributed by atoms with E-state index < -0.39 is 171 Å². The molecule has 15 rings (SSSR count). The Hall–Kier alpha value is -3.14. The van der Waals surface area contributed by atoms with Crippen LogP contribution in [0.25, 0.3) is 0 Å². The van der Waals surface area contributed by atoms with E-state index >= 15 is 0 Å². The van der Waals surface area contributed by atoms with Crippen molar-refractivity contribution in [3.05, 3.63) is 86.2 Å². The summed E-state index contributed by atoms with van der Waals surface area (Å²) in [5.74, 6) is -4.13. The predicted octanol–water partition coefficient (Wildman–Crippen LogP) is 11.9. The van der Waals surface area contributed by atoms with E-state index in [0.29, 0.717) is 0 Å². The molecular weight excluding hydrogens is 1890 g/mol. The second-order valence-corrected chi connectivity index (χ2v) is 42.5. The Bertz CT molecular complexity index is 4220. The Kier molecular flexibility index (Phi) is 31.9. The molecule has 0 aliphatic carbocycles. The minimum absolute atomic E-state index is 0.00688. The summed E-state index contributed by atoms with van der Waals surface area (Å²) in [6.45, 7) is 41.1. The first-order valence-corrected chi connectivity index (χ1v) is 48.1. The topological polar surface area (TPSA) is 389 Å². The lowest BCUT2D eigenvalue weighted by Gasteiger charge is -2.44. The highest BCUT2D eigenvalue weighted by Crippen LogP contribution is 2.50. The fourth-order valence-corrected chi connectivity index (χ4v) is 19.8. The van der Waals surface area contributed by atoms with Crippen molar-refractivity contribution in [3.8, 4) is 17.2 Å². The van der Waals surface area contributed by atoms with Crippen LogP contribution in [-0.2, 0) is 148 Å². The van der Waals surface area contributed by atoms with Gasteiger partial charge in [-0.2, -0.15) is 25.3 Å². The molecular formula is C83H121Br3O35S3. The van der Waals surface area contributed by atoms with Crippen LogP contribution in [0.4, 0.5) is 0 Å². The maximum Gasteiger partial charge on any atom is 0.449 e. The monoisotopic (exact) mass is 2010 g/mol. The summed E-state index contributed by atoms with van der Waals surface area (Å²) in [6, 6.07) is 19.2. The summed E-state index contributed by atoms with van der Waals surface area (Å²) < 4.78 is 233. The number of halogens is 3. The number of carbonyl (C=O) groups excluding carboxylic acids is 1. The van der Waals surface area contributed by atoms with Crippen LogP contribution < -0.4 is 12.5 Å². The maximum atomic E-state index is 12.5. The van der Waals surface area contributed by atoms with Crippen LogP contribution in [0.1, 0.15) is 152 Å². The average Bonchev–Trinajstić information content (AvgIpc) is 1.60. The van der Waals surface area contributed by atoms with E-state index in [0.717, 1.165) is 13.4 Å². The lowest BCUT2D eigenvalue weighted by atomic mass is 9.79. The summed E-state index contributed by atoms with van der Waals surface area (Å²) in [6.07, 6.45) is -10.2. The van der Waals surface area contributed by atoms with Crippen molar-refractivity contribution in [3.63, 3.8) is 0 Å². The van der Waals surface area contributed by atoms with E-state index in [1.807, 2.05) is 132 Å². The zero-order valence-corrected chi connectivity index (χ0v) is 80.9. The van der Waals surface area contributed by atoms with Gasteiger partial charge in [-0.25, -0.2) is 12.5 Å². The van der Waals surface area contributed by atoms with Gasteiger partial charge >= 0.3 is 37.2 Å². The van der Waals surface area contributed by atoms with Gasteiger partial charge in [0.05, 0.1) is 58.0 Å². The van der Waals surface area contributed by atoms with Gasteiger partial charge in [-0.3, -0.25) is 4.79 Å². The molecule has 0 amide bonds. The Morgan fingerprint density at radius 1 is 0.315 bits per heavy atom. The fraction of sp³-hybridized carbons (Fsp3) is 0.771. The number of benzene rings is 3. The van der Waals surface area contributed by atoms with Gasteiger partial charge in [0.15, 0.2) is 66.2 Å². The molecule has 0 saturated carbocycles. The number of hydrogen-bond donors (Lipinski definition) is 1. The fourth-order valence-electron chi connectivity index (χ4n) is 16.9. The minimum Gasteiger partial charge on any atom is -0.436 e.